The van der Waals surface area contributed by atoms with Crippen LogP contribution in [0.2, 0.25) is 0 Å². The predicted octanol–water partition coefficient (Wildman–Crippen LogP) is 0.653. The number of hydrogen-bond acceptors (Lipinski definition) is 6. The van der Waals surface area contributed by atoms with E-state index in [-0.39, 0.29) is 12.2 Å². The van der Waals surface area contributed by atoms with Crippen LogP contribution in [0, 0.1) is 0 Å². The van der Waals surface area contributed by atoms with Crippen LogP contribution < -0.4 is 9.47 Å². The zero-order valence-electron chi connectivity index (χ0n) is 11.0. The van der Waals surface area contributed by atoms with Crippen LogP contribution in [0.15, 0.2) is 18.2 Å². The van der Waals surface area contributed by atoms with Crippen LogP contribution in [0.4, 0.5) is 0 Å². The van der Waals surface area contributed by atoms with Gasteiger partial charge in [0.2, 0.25) is 0 Å². The molecule has 19 heavy (non-hydrogen) atoms. The Morgan fingerprint density at radius 1 is 1.26 bits per heavy atom. The number of Topliss-reactive ketones (excluding diaryl/α,β-unsaturated/α-hetero) is 1. The lowest BCUT2D eigenvalue weighted by Gasteiger charge is -2.11. The molecule has 0 aliphatic rings. The molecule has 0 amide bonds. The first-order valence-corrected chi connectivity index (χ1v) is 5.62. The van der Waals surface area contributed by atoms with Gasteiger partial charge in [-0.15, -0.1) is 10.2 Å². The van der Waals surface area contributed by atoms with Gasteiger partial charge >= 0.3 is 0 Å². The molecule has 0 unspecified atom stereocenters. The highest BCUT2D eigenvalue weighted by Crippen LogP contribution is 2.29. The van der Waals surface area contributed by atoms with Crippen molar-refractivity contribution in [2.45, 2.75) is 6.42 Å². The fraction of sp³-hybridized carbons (Fsp3) is 0.333. The normalized spacial score (nSPS) is 10.3. The zero-order valence-corrected chi connectivity index (χ0v) is 11.0. The number of ether oxygens (including phenoxy) is 2. The maximum Gasteiger partial charge on any atom is 0.182 e. The molecule has 1 heterocycles. The summed E-state index contributed by atoms with van der Waals surface area (Å²) in [4.78, 5) is 13.6. The monoisotopic (exact) mass is 262 g/mol. The van der Waals surface area contributed by atoms with E-state index in [1.807, 2.05) is 0 Å². The van der Waals surface area contributed by atoms with Crippen LogP contribution in [0.3, 0.4) is 0 Å². The first-order valence-electron chi connectivity index (χ1n) is 5.62. The smallest absolute Gasteiger partial charge is 0.182 e. The van der Waals surface area contributed by atoms with Gasteiger partial charge in [0, 0.05) is 0 Å². The van der Waals surface area contributed by atoms with Crippen LogP contribution in [-0.4, -0.2) is 40.2 Å². The highest BCUT2D eigenvalue weighted by atomic mass is 16.5. The molecule has 100 valence electrons. The molecule has 7 nitrogen and oxygen atoms in total. The van der Waals surface area contributed by atoms with Crippen molar-refractivity contribution in [1.82, 2.24) is 20.2 Å². The number of carbonyl (C=O) groups is 1. The van der Waals surface area contributed by atoms with E-state index in [2.05, 4.69) is 15.4 Å². The number of methoxy groups -OCH3 is 2. The second-order valence-corrected chi connectivity index (χ2v) is 3.83. The van der Waals surface area contributed by atoms with Crippen LogP contribution in [0.25, 0.3) is 0 Å². The Kier molecular flexibility index (Phi) is 3.74. The van der Waals surface area contributed by atoms with Gasteiger partial charge in [-0.05, 0) is 17.3 Å². The van der Waals surface area contributed by atoms with Crippen LogP contribution in [0.1, 0.15) is 16.2 Å². The van der Waals surface area contributed by atoms with Gasteiger partial charge in [-0.3, -0.25) is 4.79 Å². The van der Waals surface area contributed by atoms with E-state index in [0.29, 0.717) is 22.9 Å². The predicted molar refractivity (Wildman–Crippen MR) is 66.4 cm³/mol. The highest BCUT2D eigenvalue weighted by Gasteiger charge is 2.20. The first-order chi connectivity index (χ1) is 9.15. The van der Waals surface area contributed by atoms with Crippen molar-refractivity contribution >= 4 is 5.78 Å². The number of tetrazole rings is 1. The molecular formula is C12H14N4O3. The highest BCUT2D eigenvalue weighted by molar-refractivity contribution is 6.02. The minimum atomic E-state index is -0.178. The molecule has 2 rings (SSSR count). The van der Waals surface area contributed by atoms with Gasteiger partial charge < -0.3 is 9.47 Å². The number of rotatable bonds is 5. The molecule has 0 atom stereocenters. The van der Waals surface area contributed by atoms with Crippen molar-refractivity contribution in [2.75, 3.05) is 14.2 Å². The second kappa shape index (κ2) is 5.47. The summed E-state index contributed by atoms with van der Waals surface area (Å²) in [5.41, 5.74) is 0.389. The van der Waals surface area contributed by atoms with Crippen molar-refractivity contribution in [3.63, 3.8) is 0 Å². The fourth-order valence-corrected chi connectivity index (χ4v) is 1.75. The molecule has 0 saturated heterocycles. The van der Waals surface area contributed by atoms with Gasteiger partial charge in [0.1, 0.15) is 17.1 Å². The number of benzene rings is 1. The van der Waals surface area contributed by atoms with Crippen LogP contribution >= 0.6 is 0 Å². The summed E-state index contributed by atoms with van der Waals surface area (Å²) in [7, 11) is 4.66. The lowest BCUT2D eigenvalue weighted by atomic mass is 10.1. The molecule has 0 N–H and O–H groups in total. The zero-order chi connectivity index (χ0) is 13.8. The summed E-state index contributed by atoms with van der Waals surface area (Å²) in [6, 6.07) is 5.18. The van der Waals surface area contributed by atoms with Crippen molar-refractivity contribution in [3.8, 4) is 11.5 Å². The van der Waals surface area contributed by atoms with Gasteiger partial charge in [0.15, 0.2) is 11.6 Å². The Balaban J connectivity index is 2.32. The lowest BCUT2D eigenvalue weighted by Crippen LogP contribution is -2.09. The Bertz CT molecular complexity index is 572. The second-order valence-electron chi connectivity index (χ2n) is 3.83. The Morgan fingerprint density at radius 2 is 1.89 bits per heavy atom. The minimum Gasteiger partial charge on any atom is -0.496 e. The molecule has 0 spiro atoms. The summed E-state index contributed by atoms with van der Waals surface area (Å²) in [6.45, 7) is 0. The maximum atomic E-state index is 12.3. The minimum absolute atomic E-state index is 0.0462. The van der Waals surface area contributed by atoms with Gasteiger partial charge in [0.25, 0.3) is 0 Å². The van der Waals surface area contributed by atoms with Gasteiger partial charge in [-0.1, -0.05) is 6.07 Å². The maximum absolute atomic E-state index is 12.3. The third kappa shape index (κ3) is 2.70. The summed E-state index contributed by atoms with van der Waals surface area (Å²) >= 11 is 0. The summed E-state index contributed by atoms with van der Waals surface area (Å²) in [5, 5.41) is 11.5. The quantitative estimate of drug-likeness (QED) is 0.736. The number of carbonyl (C=O) groups excluding carboxylic acids is 1. The molecule has 0 bridgehead atoms. The molecule has 2 aromatic rings. The molecule has 1 aromatic carbocycles. The van der Waals surface area contributed by atoms with E-state index < -0.39 is 0 Å². The molecule has 7 heteroatoms. The SMILES string of the molecule is COc1cccc(OC)c1C(=O)Cc1nnn(C)n1. The standard InChI is InChI=1S/C12H14N4O3/c1-16-14-11(13-15-16)7-8(17)12-9(18-2)5-4-6-10(12)19-3/h4-6H,7H2,1-3H3. The van der Waals surface area contributed by atoms with Gasteiger partial charge in [-0.25, -0.2) is 0 Å². The van der Waals surface area contributed by atoms with Gasteiger partial charge in [-0.2, -0.15) is 4.80 Å². The number of ketones is 1. The molecule has 0 saturated carbocycles. The van der Waals surface area contributed by atoms with Crippen molar-refractivity contribution < 1.29 is 14.3 Å². The van der Waals surface area contributed by atoms with Crippen molar-refractivity contribution in [2.24, 2.45) is 7.05 Å². The number of nitrogens with zero attached hydrogens (tertiary/aromatic N) is 4. The van der Waals surface area contributed by atoms with Crippen molar-refractivity contribution in [1.29, 1.82) is 0 Å². The Hall–Kier alpha value is -2.44. The largest absolute Gasteiger partial charge is 0.496 e. The van der Waals surface area contributed by atoms with E-state index in [0.717, 1.165) is 0 Å². The number of hydrogen-bond donors (Lipinski definition) is 0. The molecular weight excluding hydrogens is 248 g/mol. The lowest BCUT2D eigenvalue weighted by molar-refractivity contribution is 0.0984. The van der Waals surface area contributed by atoms with E-state index in [4.69, 9.17) is 9.47 Å². The third-order valence-electron chi connectivity index (χ3n) is 2.58. The number of aromatic nitrogens is 4. The van der Waals surface area contributed by atoms with Crippen LogP contribution in [0.5, 0.6) is 11.5 Å². The topological polar surface area (TPSA) is 79.1 Å². The van der Waals surface area contributed by atoms with E-state index >= 15 is 0 Å². The summed E-state index contributed by atoms with van der Waals surface area (Å²) in [5.74, 6) is 1.12. The molecule has 0 radical (unpaired) electrons. The summed E-state index contributed by atoms with van der Waals surface area (Å²) < 4.78 is 10.4. The number of aryl methyl sites for hydroxylation is 1. The molecule has 0 aliphatic carbocycles. The molecule has 0 fully saturated rings. The van der Waals surface area contributed by atoms with E-state index in [9.17, 15) is 4.79 Å². The molecule has 0 aliphatic heterocycles. The summed E-state index contributed by atoms with van der Waals surface area (Å²) in [6.07, 6.45) is 0.0462. The first kappa shape index (κ1) is 13.0. The average Bonchev–Trinajstić information content (AvgIpc) is 2.82. The van der Waals surface area contributed by atoms with E-state index in [1.54, 1.807) is 25.2 Å². The third-order valence-corrected chi connectivity index (χ3v) is 2.58. The van der Waals surface area contributed by atoms with Gasteiger partial charge in [0.05, 0.1) is 27.7 Å². The van der Waals surface area contributed by atoms with Crippen LogP contribution in [-0.2, 0) is 13.5 Å². The molecule has 1 aromatic heterocycles. The fourth-order valence-electron chi connectivity index (χ4n) is 1.75. The average molecular weight is 262 g/mol. The van der Waals surface area contributed by atoms with Crippen molar-refractivity contribution in [3.05, 3.63) is 29.6 Å². The Labute approximate surface area is 110 Å². The Morgan fingerprint density at radius 3 is 2.37 bits per heavy atom. The van der Waals surface area contributed by atoms with E-state index in [1.165, 1.54) is 19.0 Å².